The van der Waals surface area contributed by atoms with Gasteiger partial charge in [-0.3, -0.25) is 20.4 Å². The molecule has 0 saturated carbocycles. The van der Waals surface area contributed by atoms with Crippen LogP contribution in [0.15, 0.2) is 77.7 Å². The normalized spacial score (nSPS) is 11.2. The van der Waals surface area contributed by atoms with Crippen LogP contribution >= 0.6 is 0 Å². The Balaban J connectivity index is 1.56. The van der Waals surface area contributed by atoms with Crippen molar-refractivity contribution in [3.05, 3.63) is 95.1 Å². The number of rotatable bonds is 9. The Kier molecular flexibility index (Phi) is 8.62. The summed E-state index contributed by atoms with van der Waals surface area (Å²) in [6, 6.07) is 20.4. The van der Waals surface area contributed by atoms with E-state index in [-0.39, 0.29) is 29.5 Å². The van der Waals surface area contributed by atoms with Crippen LogP contribution in [0.1, 0.15) is 46.8 Å². The van der Waals surface area contributed by atoms with Crippen LogP contribution in [0.4, 0.5) is 0 Å². The van der Waals surface area contributed by atoms with Crippen molar-refractivity contribution in [3.63, 3.8) is 0 Å². The summed E-state index contributed by atoms with van der Waals surface area (Å²) in [5, 5.41) is 0. The minimum atomic E-state index is -3.84. The number of ether oxygens (including phenoxy) is 1. The third kappa shape index (κ3) is 7.40. The van der Waals surface area contributed by atoms with Crippen molar-refractivity contribution in [3.8, 4) is 5.75 Å². The summed E-state index contributed by atoms with van der Waals surface area (Å²) in [6.45, 7) is 5.83. The van der Waals surface area contributed by atoms with Gasteiger partial charge in [0.15, 0.2) is 6.61 Å². The Morgan fingerprint density at radius 3 is 2.37 bits per heavy atom. The van der Waals surface area contributed by atoms with Crippen molar-refractivity contribution in [2.45, 2.75) is 38.1 Å². The highest BCUT2D eigenvalue weighted by molar-refractivity contribution is 7.89. The van der Waals surface area contributed by atoms with Crippen molar-refractivity contribution in [2.75, 3.05) is 6.61 Å². The Morgan fingerprint density at radius 2 is 1.66 bits per heavy atom. The van der Waals surface area contributed by atoms with Crippen molar-refractivity contribution in [1.29, 1.82) is 0 Å². The van der Waals surface area contributed by atoms with Gasteiger partial charge in [0.2, 0.25) is 10.0 Å². The third-order valence-electron chi connectivity index (χ3n) is 5.18. The number of hydrogen-bond donors (Lipinski definition) is 3. The Bertz CT molecular complexity index is 1290. The first-order valence-corrected chi connectivity index (χ1v) is 12.6. The van der Waals surface area contributed by atoms with E-state index in [2.05, 4.69) is 15.6 Å². The summed E-state index contributed by atoms with van der Waals surface area (Å²) in [4.78, 5) is 24.6. The first kappa shape index (κ1) is 25.9. The Labute approximate surface area is 205 Å². The minimum absolute atomic E-state index is 0.0589. The molecule has 0 aliphatic rings. The molecule has 3 N–H and O–H groups in total. The summed E-state index contributed by atoms with van der Waals surface area (Å²) >= 11 is 0. The topological polar surface area (TPSA) is 114 Å². The molecule has 0 radical (unpaired) electrons. The molecule has 184 valence electrons. The maximum absolute atomic E-state index is 12.6. The minimum Gasteiger partial charge on any atom is -0.483 e. The van der Waals surface area contributed by atoms with Crippen molar-refractivity contribution >= 4 is 21.8 Å². The number of carbonyl (C=O) groups excluding carboxylic acids is 2. The van der Waals surface area contributed by atoms with E-state index in [0.717, 1.165) is 16.7 Å². The van der Waals surface area contributed by atoms with Crippen LogP contribution in [0, 0.1) is 6.92 Å². The number of sulfonamides is 1. The van der Waals surface area contributed by atoms with Gasteiger partial charge in [-0.15, -0.1) is 0 Å². The molecule has 35 heavy (non-hydrogen) atoms. The number of carbonyl (C=O) groups is 2. The molecule has 3 aromatic carbocycles. The van der Waals surface area contributed by atoms with E-state index in [1.807, 2.05) is 57.2 Å². The smallest absolute Gasteiger partial charge is 0.276 e. The van der Waals surface area contributed by atoms with Gasteiger partial charge in [-0.2, -0.15) is 0 Å². The molecule has 3 rings (SSSR count). The molecule has 0 heterocycles. The molecule has 9 heteroatoms. The molecule has 2 amide bonds. The van der Waals surface area contributed by atoms with Crippen LogP contribution in [0.3, 0.4) is 0 Å². The lowest BCUT2D eigenvalue weighted by molar-refractivity contribution is -0.123. The second-order valence-corrected chi connectivity index (χ2v) is 10.1. The average molecular weight is 496 g/mol. The predicted octanol–water partition coefficient (Wildman–Crippen LogP) is 3.44. The van der Waals surface area contributed by atoms with E-state index in [0.29, 0.717) is 5.75 Å². The second-order valence-electron chi connectivity index (χ2n) is 8.32. The highest BCUT2D eigenvalue weighted by atomic mass is 32.2. The summed E-state index contributed by atoms with van der Waals surface area (Å²) in [5.41, 5.74) is 7.45. The lowest BCUT2D eigenvalue weighted by Gasteiger charge is -2.15. The van der Waals surface area contributed by atoms with Gasteiger partial charge in [-0.25, -0.2) is 13.1 Å². The van der Waals surface area contributed by atoms with Gasteiger partial charge in [0.25, 0.3) is 11.8 Å². The fourth-order valence-corrected chi connectivity index (χ4v) is 4.35. The molecule has 0 spiro atoms. The zero-order valence-corrected chi connectivity index (χ0v) is 20.7. The number of hydrazine groups is 1. The average Bonchev–Trinajstić information content (AvgIpc) is 2.85. The van der Waals surface area contributed by atoms with Crippen LogP contribution in [0.2, 0.25) is 0 Å². The Morgan fingerprint density at radius 1 is 0.914 bits per heavy atom. The maximum atomic E-state index is 12.6. The summed E-state index contributed by atoms with van der Waals surface area (Å²) in [7, 11) is -3.84. The van der Waals surface area contributed by atoms with Gasteiger partial charge in [0.05, 0.1) is 4.90 Å². The highest BCUT2D eigenvalue weighted by Gasteiger charge is 2.17. The highest BCUT2D eigenvalue weighted by Crippen LogP contribution is 2.27. The number of hydrogen-bond acceptors (Lipinski definition) is 5. The van der Waals surface area contributed by atoms with E-state index >= 15 is 0 Å². The van der Waals surface area contributed by atoms with Gasteiger partial charge >= 0.3 is 0 Å². The Hall–Kier alpha value is -3.69. The summed E-state index contributed by atoms with van der Waals surface area (Å²) < 4.78 is 33.4. The molecule has 3 aromatic rings. The van der Waals surface area contributed by atoms with Crippen LogP contribution in [-0.4, -0.2) is 26.8 Å². The van der Waals surface area contributed by atoms with Gasteiger partial charge in [0, 0.05) is 12.1 Å². The zero-order valence-electron chi connectivity index (χ0n) is 19.9. The molecule has 0 atom stereocenters. The van der Waals surface area contributed by atoms with Crippen molar-refractivity contribution < 1.29 is 22.7 Å². The molecule has 0 aliphatic heterocycles. The fourth-order valence-electron chi connectivity index (χ4n) is 3.28. The molecule has 0 fully saturated rings. The quantitative estimate of drug-likeness (QED) is 0.394. The largest absolute Gasteiger partial charge is 0.483 e. The number of amides is 2. The lowest BCUT2D eigenvalue weighted by Crippen LogP contribution is -2.43. The SMILES string of the molecule is Cc1ccc(C(C)C)c(OCC(=O)NNC(=O)c2cccc(S(=O)(=O)NCc3ccccc3)c2)c1. The van der Waals surface area contributed by atoms with Crippen LogP contribution in [0.25, 0.3) is 0 Å². The molecule has 0 saturated heterocycles. The number of benzene rings is 3. The van der Waals surface area contributed by atoms with Crippen molar-refractivity contribution in [2.24, 2.45) is 0 Å². The molecule has 0 aromatic heterocycles. The fraction of sp³-hybridized carbons (Fsp3) is 0.231. The third-order valence-corrected chi connectivity index (χ3v) is 6.58. The van der Waals surface area contributed by atoms with E-state index < -0.39 is 21.8 Å². The molecular weight excluding hydrogens is 466 g/mol. The standard InChI is InChI=1S/C26H29N3O5S/c1-18(2)23-13-12-19(3)14-24(23)34-17-25(30)28-29-26(31)21-10-7-11-22(15-21)35(32,33)27-16-20-8-5-4-6-9-20/h4-15,18,27H,16-17H2,1-3H3,(H,28,30)(H,29,31). The van der Waals surface area contributed by atoms with Crippen LogP contribution in [0.5, 0.6) is 5.75 Å². The summed E-state index contributed by atoms with van der Waals surface area (Å²) in [5.74, 6) is -0.374. The molecule has 0 bridgehead atoms. The monoisotopic (exact) mass is 495 g/mol. The number of aryl methyl sites for hydroxylation is 1. The predicted molar refractivity (Wildman–Crippen MR) is 133 cm³/mol. The van der Waals surface area contributed by atoms with E-state index in [1.165, 1.54) is 24.3 Å². The van der Waals surface area contributed by atoms with E-state index in [4.69, 9.17) is 4.74 Å². The first-order valence-electron chi connectivity index (χ1n) is 11.1. The van der Waals surface area contributed by atoms with Gasteiger partial charge < -0.3 is 4.74 Å². The maximum Gasteiger partial charge on any atom is 0.276 e. The van der Waals surface area contributed by atoms with Gasteiger partial charge in [-0.05, 0) is 53.8 Å². The van der Waals surface area contributed by atoms with Crippen molar-refractivity contribution in [1.82, 2.24) is 15.6 Å². The van der Waals surface area contributed by atoms with Gasteiger partial charge in [0.1, 0.15) is 5.75 Å². The molecule has 0 unspecified atom stereocenters. The second kappa shape index (κ2) is 11.6. The van der Waals surface area contributed by atoms with Gasteiger partial charge in [-0.1, -0.05) is 62.4 Å². The first-order chi connectivity index (χ1) is 16.7. The number of nitrogens with one attached hydrogen (secondary N) is 3. The zero-order chi connectivity index (χ0) is 25.4. The van der Waals surface area contributed by atoms with Crippen LogP contribution < -0.4 is 20.3 Å². The van der Waals surface area contributed by atoms with E-state index in [1.54, 1.807) is 12.1 Å². The molecule has 8 nitrogen and oxygen atoms in total. The van der Waals surface area contributed by atoms with E-state index in [9.17, 15) is 18.0 Å². The summed E-state index contributed by atoms with van der Waals surface area (Å²) in [6.07, 6.45) is 0. The molecular formula is C26H29N3O5S. The molecule has 0 aliphatic carbocycles. The van der Waals surface area contributed by atoms with Crippen LogP contribution in [-0.2, 0) is 21.4 Å². The lowest BCUT2D eigenvalue weighted by atomic mass is 10.0.